The number of carbonyl (C=O) groups is 1. The van der Waals surface area contributed by atoms with E-state index < -0.39 is 5.97 Å². The number of carboxylic acid groups (broad SMARTS) is 1. The van der Waals surface area contributed by atoms with E-state index in [1.54, 1.807) is 28.7 Å². The minimum Gasteiger partial charge on any atom is -0.478 e. The number of carboxylic acids is 1. The number of piperazine rings is 1. The van der Waals surface area contributed by atoms with Gasteiger partial charge >= 0.3 is 5.97 Å². The Balaban J connectivity index is 1.57. The maximum Gasteiger partial charge on any atom is 0.337 e. The predicted molar refractivity (Wildman–Crippen MR) is 119 cm³/mol. The molecule has 4 heterocycles. The van der Waals surface area contributed by atoms with Gasteiger partial charge in [0.25, 0.3) is 5.56 Å². The zero-order chi connectivity index (χ0) is 21.7. The molecule has 0 spiro atoms. The number of aryl methyl sites for hydroxylation is 1. The number of hydrogen-bond acceptors (Lipinski definition) is 6. The van der Waals surface area contributed by atoms with Crippen molar-refractivity contribution in [2.75, 3.05) is 23.3 Å². The fourth-order valence-corrected chi connectivity index (χ4v) is 4.76. The molecule has 2 aliphatic rings. The molecule has 2 aliphatic heterocycles. The van der Waals surface area contributed by atoms with E-state index in [4.69, 9.17) is 4.98 Å². The maximum absolute atomic E-state index is 13.2. The molecule has 2 saturated heterocycles. The third-order valence-electron chi connectivity index (χ3n) is 6.30. The number of para-hydroxylation sites is 1. The van der Waals surface area contributed by atoms with Crippen molar-refractivity contribution < 1.29 is 9.90 Å². The molecular weight excluding hydrogens is 394 g/mol. The van der Waals surface area contributed by atoms with Crippen LogP contribution < -0.4 is 21.1 Å². The van der Waals surface area contributed by atoms with Crippen molar-refractivity contribution in [2.24, 2.45) is 0 Å². The van der Waals surface area contributed by atoms with Gasteiger partial charge in [-0.1, -0.05) is 12.1 Å². The number of benzene rings is 1. The SMILES string of the molecule is Cc1cc(CNc2ccccc2C(=O)O)c2nc(N3C4CNCC3C4)c(C)c(=O)n2c1. The highest BCUT2D eigenvalue weighted by Gasteiger charge is 2.43. The highest BCUT2D eigenvalue weighted by molar-refractivity contribution is 5.94. The number of rotatable bonds is 5. The number of anilines is 2. The van der Waals surface area contributed by atoms with Gasteiger partial charge in [0.15, 0.2) is 0 Å². The highest BCUT2D eigenvalue weighted by Crippen LogP contribution is 2.34. The fourth-order valence-electron chi connectivity index (χ4n) is 4.76. The van der Waals surface area contributed by atoms with Crippen molar-refractivity contribution in [2.45, 2.75) is 38.9 Å². The van der Waals surface area contributed by atoms with Crippen LogP contribution in [0.5, 0.6) is 0 Å². The number of piperidine rings is 1. The molecule has 0 aliphatic carbocycles. The van der Waals surface area contributed by atoms with Gasteiger partial charge < -0.3 is 20.6 Å². The Labute approximate surface area is 179 Å². The topological polar surface area (TPSA) is 99.0 Å². The molecule has 0 saturated carbocycles. The van der Waals surface area contributed by atoms with E-state index in [1.807, 2.05) is 26.1 Å². The van der Waals surface area contributed by atoms with Crippen molar-refractivity contribution in [1.29, 1.82) is 0 Å². The average Bonchev–Trinajstić information content (AvgIpc) is 2.76. The summed E-state index contributed by atoms with van der Waals surface area (Å²) in [6.45, 7) is 5.96. The summed E-state index contributed by atoms with van der Waals surface area (Å²) in [7, 11) is 0. The molecular formula is C23H25N5O3. The Hall–Kier alpha value is -3.39. The summed E-state index contributed by atoms with van der Waals surface area (Å²) >= 11 is 0. The molecule has 3 N–H and O–H groups in total. The van der Waals surface area contributed by atoms with E-state index in [1.165, 1.54) is 0 Å². The van der Waals surface area contributed by atoms with Crippen LogP contribution in [0.2, 0.25) is 0 Å². The van der Waals surface area contributed by atoms with Crippen LogP contribution in [0.15, 0.2) is 41.3 Å². The largest absolute Gasteiger partial charge is 0.478 e. The lowest BCUT2D eigenvalue weighted by molar-refractivity contribution is 0.0698. The van der Waals surface area contributed by atoms with Gasteiger partial charge in [-0.05, 0) is 44.0 Å². The summed E-state index contributed by atoms with van der Waals surface area (Å²) in [6.07, 6.45) is 2.94. The van der Waals surface area contributed by atoms with Crippen molar-refractivity contribution in [3.8, 4) is 0 Å². The Bertz CT molecular complexity index is 1240. The second-order valence-electron chi connectivity index (χ2n) is 8.42. The Morgan fingerprint density at radius 3 is 2.71 bits per heavy atom. The standard InChI is InChI=1S/C23H25N5O3/c1-13-7-15(9-25-19-6-4-3-5-18(19)23(30)31)21-26-20(14(2)22(29)27(21)12-13)28-16-8-17(28)11-24-10-16/h3-7,12,16-17,24-25H,8-11H2,1-2H3,(H,30,31). The molecule has 3 aromatic rings. The summed E-state index contributed by atoms with van der Waals surface area (Å²) in [5.74, 6) is -0.217. The predicted octanol–water partition coefficient (Wildman–Crippen LogP) is 2.17. The summed E-state index contributed by atoms with van der Waals surface area (Å²) < 4.78 is 1.61. The molecule has 2 unspecified atom stereocenters. The first-order valence-corrected chi connectivity index (χ1v) is 10.5. The van der Waals surface area contributed by atoms with Crippen LogP contribution in [-0.4, -0.2) is 45.6 Å². The first kappa shape index (κ1) is 19.6. The number of nitrogens with one attached hydrogen (secondary N) is 2. The van der Waals surface area contributed by atoms with Gasteiger partial charge in [-0.2, -0.15) is 0 Å². The van der Waals surface area contributed by atoms with Gasteiger partial charge in [0.05, 0.1) is 11.1 Å². The van der Waals surface area contributed by atoms with Crippen LogP contribution in [0.1, 0.15) is 33.5 Å². The normalized spacial score (nSPS) is 19.9. The van der Waals surface area contributed by atoms with Gasteiger partial charge in [-0.3, -0.25) is 9.20 Å². The lowest BCUT2D eigenvalue weighted by atomic mass is 9.88. The molecule has 0 amide bonds. The zero-order valence-electron chi connectivity index (χ0n) is 17.6. The molecule has 160 valence electrons. The zero-order valence-corrected chi connectivity index (χ0v) is 17.6. The molecule has 2 bridgehead atoms. The number of pyridine rings is 1. The molecule has 31 heavy (non-hydrogen) atoms. The van der Waals surface area contributed by atoms with Gasteiger partial charge in [0.2, 0.25) is 0 Å². The summed E-state index contributed by atoms with van der Waals surface area (Å²) in [5, 5.41) is 16.1. The molecule has 8 nitrogen and oxygen atoms in total. The first-order valence-electron chi connectivity index (χ1n) is 10.5. The van der Waals surface area contributed by atoms with E-state index in [9.17, 15) is 14.7 Å². The minimum atomic E-state index is -0.984. The Kier molecular flexibility index (Phi) is 4.66. The van der Waals surface area contributed by atoms with Crippen LogP contribution >= 0.6 is 0 Å². The van der Waals surface area contributed by atoms with E-state index in [-0.39, 0.29) is 11.1 Å². The highest BCUT2D eigenvalue weighted by atomic mass is 16.4. The number of fused-ring (bicyclic) bond motifs is 3. The molecule has 2 fully saturated rings. The molecule has 2 atom stereocenters. The van der Waals surface area contributed by atoms with Crippen LogP contribution in [0.25, 0.3) is 5.65 Å². The van der Waals surface area contributed by atoms with Gasteiger partial charge in [-0.15, -0.1) is 0 Å². The smallest absolute Gasteiger partial charge is 0.337 e. The van der Waals surface area contributed by atoms with E-state index in [0.29, 0.717) is 35.5 Å². The second-order valence-corrected chi connectivity index (χ2v) is 8.42. The van der Waals surface area contributed by atoms with Crippen molar-refractivity contribution >= 4 is 23.1 Å². The van der Waals surface area contributed by atoms with Crippen LogP contribution in [0.4, 0.5) is 11.5 Å². The third kappa shape index (κ3) is 3.23. The lowest BCUT2D eigenvalue weighted by Crippen LogP contribution is -2.68. The Morgan fingerprint density at radius 1 is 1.26 bits per heavy atom. The summed E-state index contributed by atoms with van der Waals surface area (Å²) in [4.78, 5) is 32.0. The van der Waals surface area contributed by atoms with Gasteiger partial charge in [0.1, 0.15) is 11.5 Å². The third-order valence-corrected chi connectivity index (χ3v) is 6.30. The number of nitrogens with zero attached hydrogens (tertiary/aromatic N) is 3. The van der Waals surface area contributed by atoms with Crippen molar-refractivity contribution in [3.63, 3.8) is 0 Å². The first-order chi connectivity index (χ1) is 14.9. The molecule has 8 heteroatoms. The molecule has 5 rings (SSSR count). The quantitative estimate of drug-likeness (QED) is 0.583. The van der Waals surface area contributed by atoms with Gasteiger partial charge in [-0.25, -0.2) is 9.78 Å². The van der Waals surface area contributed by atoms with E-state index in [2.05, 4.69) is 15.5 Å². The van der Waals surface area contributed by atoms with Crippen LogP contribution in [0.3, 0.4) is 0 Å². The van der Waals surface area contributed by atoms with E-state index in [0.717, 1.165) is 36.5 Å². The number of hydrogen-bond donors (Lipinski definition) is 3. The molecule has 2 aromatic heterocycles. The second kappa shape index (κ2) is 7.39. The molecule has 1 aromatic carbocycles. The monoisotopic (exact) mass is 419 g/mol. The summed E-state index contributed by atoms with van der Waals surface area (Å²) in [6, 6.07) is 9.55. The van der Waals surface area contributed by atoms with Crippen LogP contribution in [-0.2, 0) is 6.54 Å². The summed E-state index contributed by atoms with van der Waals surface area (Å²) in [5.41, 5.74) is 3.74. The van der Waals surface area contributed by atoms with Crippen molar-refractivity contribution in [1.82, 2.24) is 14.7 Å². The minimum absolute atomic E-state index is 0.0613. The average molecular weight is 419 g/mol. The van der Waals surface area contributed by atoms with E-state index >= 15 is 0 Å². The number of aromatic nitrogens is 2. The molecule has 0 radical (unpaired) electrons. The lowest BCUT2D eigenvalue weighted by Gasteiger charge is -2.54. The fraction of sp³-hybridized carbons (Fsp3) is 0.348. The van der Waals surface area contributed by atoms with Crippen LogP contribution in [0, 0.1) is 13.8 Å². The maximum atomic E-state index is 13.2. The van der Waals surface area contributed by atoms with Crippen molar-refractivity contribution in [3.05, 3.63) is 69.1 Å². The van der Waals surface area contributed by atoms with Gasteiger partial charge in [0, 0.05) is 49.2 Å². The number of aromatic carboxylic acids is 1. The Morgan fingerprint density at radius 2 is 2.00 bits per heavy atom.